The molecule has 0 amide bonds. The van der Waals surface area contributed by atoms with E-state index in [2.05, 4.69) is 19.1 Å². The summed E-state index contributed by atoms with van der Waals surface area (Å²) < 4.78 is 5.75. The molecule has 2 nitrogen and oxygen atoms in total. The van der Waals surface area contributed by atoms with E-state index in [0.717, 1.165) is 17.9 Å². The first kappa shape index (κ1) is 12.7. The van der Waals surface area contributed by atoms with Crippen molar-refractivity contribution in [2.75, 3.05) is 6.54 Å². The molecule has 1 unspecified atom stereocenters. The maximum Gasteiger partial charge on any atom is 0.127 e. The van der Waals surface area contributed by atoms with Gasteiger partial charge in [-0.25, -0.2) is 0 Å². The normalized spacial score (nSPS) is 12.1. The van der Waals surface area contributed by atoms with Gasteiger partial charge in [0.1, 0.15) is 11.5 Å². The Morgan fingerprint density at radius 2 is 1.56 bits per heavy atom. The standard InChI is InChI=1S/C16H19NO/c1-2-13(12-17)14-8-10-16(11-9-14)18-15-6-4-3-5-7-15/h3-11,13H,2,12,17H2,1H3. The van der Waals surface area contributed by atoms with Crippen LogP contribution in [0.15, 0.2) is 54.6 Å². The molecule has 94 valence electrons. The summed E-state index contributed by atoms with van der Waals surface area (Å²) in [5.74, 6) is 2.16. The van der Waals surface area contributed by atoms with Crippen LogP contribution in [0.4, 0.5) is 0 Å². The summed E-state index contributed by atoms with van der Waals surface area (Å²) in [6.07, 6.45) is 1.06. The van der Waals surface area contributed by atoms with Gasteiger partial charge in [-0.1, -0.05) is 37.3 Å². The highest BCUT2D eigenvalue weighted by Crippen LogP contribution is 2.24. The summed E-state index contributed by atoms with van der Waals surface area (Å²) in [6.45, 7) is 2.85. The lowest BCUT2D eigenvalue weighted by atomic mass is 9.97. The molecule has 0 saturated heterocycles. The molecule has 0 spiro atoms. The van der Waals surface area contributed by atoms with Gasteiger partial charge in [0.2, 0.25) is 0 Å². The van der Waals surface area contributed by atoms with Gasteiger partial charge in [0.15, 0.2) is 0 Å². The number of nitrogens with two attached hydrogens (primary N) is 1. The fraction of sp³-hybridized carbons (Fsp3) is 0.250. The van der Waals surface area contributed by atoms with Crippen molar-refractivity contribution in [3.63, 3.8) is 0 Å². The van der Waals surface area contributed by atoms with Crippen molar-refractivity contribution >= 4 is 0 Å². The highest BCUT2D eigenvalue weighted by atomic mass is 16.5. The summed E-state index contributed by atoms with van der Waals surface area (Å²) in [7, 11) is 0. The zero-order valence-electron chi connectivity index (χ0n) is 10.7. The molecule has 0 radical (unpaired) electrons. The Labute approximate surface area is 108 Å². The van der Waals surface area contributed by atoms with E-state index < -0.39 is 0 Å². The fourth-order valence-electron chi connectivity index (χ4n) is 1.97. The minimum atomic E-state index is 0.441. The highest BCUT2D eigenvalue weighted by molar-refractivity contribution is 5.34. The number of benzene rings is 2. The highest BCUT2D eigenvalue weighted by Gasteiger charge is 2.06. The summed E-state index contributed by atoms with van der Waals surface area (Å²) in [5.41, 5.74) is 7.02. The van der Waals surface area contributed by atoms with E-state index in [1.165, 1.54) is 5.56 Å². The summed E-state index contributed by atoms with van der Waals surface area (Å²) >= 11 is 0. The molecule has 2 N–H and O–H groups in total. The third-order valence-corrected chi connectivity index (χ3v) is 3.11. The first-order valence-corrected chi connectivity index (χ1v) is 6.36. The first-order chi connectivity index (χ1) is 8.83. The largest absolute Gasteiger partial charge is 0.457 e. The maximum atomic E-state index is 5.75. The third-order valence-electron chi connectivity index (χ3n) is 3.11. The molecule has 18 heavy (non-hydrogen) atoms. The summed E-state index contributed by atoms with van der Waals surface area (Å²) in [5, 5.41) is 0. The van der Waals surface area contributed by atoms with Gasteiger partial charge in [0, 0.05) is 0 Å². The van der Waals surface area contributed by atoms with E-state index in [1.54, 1.807) is 0 Å². The lowest BCUT2D eigenvalue weighted by Gasteiger charge is -2.13. The van der Waals surface area contributed by atoms with E-state index in [9.17, 15) is 0 Å². The van der Waals surface area contributed by atoms with Crippen molar-refractivity contribution in [2.45, 2.75) is 19.3 Å². The van der Waals surface area contributed by atoms with E-state index in [1.807, 2.05) is 42.5 Å². The van der Waals surface area contributed by atoms with Crippen LogP contribution in [0.25, 0.3) is 0 Å². The smallest absolute Gasteiger partial charge is 0.127 e. The van der Waals surface area contributed by atoms with Gasteiger partial charge >= 0.3 is 0 Å². The Balaban J connectivity index is 2.08. The molecule has 0 saturated carbocycles. The number of hydrogen-bond donors (Lipinski definition) is 1. The molecule has 2 aromatic rings. The summed E-state index contributed by atoms with van der Waals surface area (Å²) in [6, 6.07) is 18.0. The van der Waals surface area contributed by atoms with Crippen molar-refractivity contribution in [3.8, 4) is 11.5 Å². The zero-order valence-corrected chi connectivity index (χ0v) is 10.7. The molecular weight excluding hydrogens is 222 g/mol. The van der Waals surface area contributed by atoms with Crippen molar-refractivity contribution < 1.29 is 4.74 Å². The fourth-order valence-corrected chi connectivity index (χ4v) is 1.97. The Morgan fingerprint density at radius 1 is 0.944 bits per heavy atom. The second-order valence-corrected chi connectivity index (χ2v) is 4.33. The lowest BCUT2D eigenvalue weighted by molar-refractivity contribution is 0.482. The van der Waals surface area contributed by atoms with Crippen LogP contribution in [0.1, 0.15) is 24.8 Å². The Hall–Kier alpha value is -1.80. The van der Waals surface area contributed by atoms with Crippen LogP contribution in [0.2, 0.25) is 0 Å². The second-order valence-electron chi connectivity index (χ2n) is 4.33. The van der Waals surface area contributed by atoms with Crippen LogP contribution < -0.4 is 10.5 Å². The van der Waals surface area contributed by atoms with E-state index >= 15 is 0 Å². The number of ether oxygens (including phenoxy) is 1. The second kappa shape index (κ2) is 6.22. The van der Waals surface area contributed by atoms with Crippen molar-refractivity contribution in [1.29, 1.82) is 0 Å². The van der Waals surface area contributed by atoms with Crippen molar-refractivity contribution in [2.24, 2.45) is 5.73 Å². The van der Waals surface area contributed by atoms with Gasteiger partial charge in [-0.3, -0.25) is 0 Å². The SMILES string of the molecule is CCC(CN)c1ccc(Oc2ccccc2)cc1. The predicted molar refractivity (Wildman–Crippen MR) is 75.0 cm³/mol. The van der Waals surface area contributed by atoms with Gasteiger partial charge in [0.25, 0.3) is 0 Å². The van der Waals surface area contributed by atoms with Crippen LogP contribution in [-0.2, 0) is 0 Å². The van der Waals surface area contributed by atoms with Crippen molar-refractivity contribution in [1.82, 2.24) is 0 Å². The molecule has 2 rings (SSSR count). The number of para-hydroxylation sites is 1. The predicted octanol–water partition coefficient (Wildman–Crippen LogP) is 3.93. The quantitative estimate of drug-likeness (QED) is 0.860. The van der Waals surface area contributed by atoms with Crippen LogP contribution in [0.3, 0.4) is 0 Å². The minimum Gasteiger partial charge on any atom is -0.457 e. The number of rotatable bonds is 5. The molecule has 1 atom stereocenters. The molecule has 2 heteroatoms. The van der Waals surface area contributed by atoms with Gasteiger partial charge in [-0.05, 0) is 48.7 Å². The molecule has 0 aliphatic carbocycles. The molecule has 0 heterocycles. The maximum absolute atomic E-state index is 5.75. The van der Waals surface area contributed by atoms with Gasteiger partial charge in [-0.15, -0.1) is 0 Å². The molecule has 2 aromatic carbocycles. The van der Waals surface area contributed by atoms with Gasteiger partial charge in [-0.2, -0.15) is 0 Å². The third kappa shape index (κ3) is 3.11. The molecule has 0 aliphatic rings. The van der Waals surface area contributed by atoms with E-state index in [0.29, 0.717) is 12.5 Å². The van der Waals surface area contributed by atoms with E-state index in [4.69, 9.17) is 10.5 Å². The van der Waals surface area contributed by atoms with Crippen LogP contribution in [0.5, 0.6) is 11.5 Å². The van der Waals surface area contributed by atoms with Gasteiger partial charge in [0.05, 0.1) is 0 Å². The van der Waals surface area contributed by atoms with Crippen LogP contribution in [-0.4, -0.2) is 6.54 Å². The number of hydrogen-bond acceptors (Lipinski definition) is 2. The molecule has 0 bridgehead atoms. The van der Waals surface area contributed by atoms with Crippen molar-refractivity contribution in [3.05, 3.63) is 60.2 Å². The first-order valence-electron chi connectivity index (χ1n) is 6.36. The molecular formula is C16H19NO. The van der Waals surface area contributed by atoms with Crippen LogP contribution >= 0.6 is 0 Å². The monoisotopic (exact) mass is 241 g/mol. The molecule has 0 fully saturated rings. The zero-order chi connectivity index (χ0) is 12.8. The lowest BCUT2D eigenvalue weighted by Crippen LogP contribution is -2.11. The average Bonchev–Trinajstić information content (AvgIpc) is 2.43. The minimum absolute atomic E-state index is 0.441. The Kier molecular flexibility index (Phi) is 4.37. The molecule has 0 aromatic heterocycles. The van der Waals surface area contributed by atoms with Gasteiger partial charge < -0.3 is 10.5 Å². The molecule has 0 aliphatic heterocycles. The van der Waals surface area contributed by atoms with E-state index in [-0.39, 0.29) is 0 Å². The summed E-state index contributed by atoms with van der Waals surface area (Å²) in [4.78, 5) is 0. The average molecular weight is 241 g/mol. The Bertz CT molecular complexity index is 460. The van der Waals surface area contributed by atoms with Crippen LogP contribution in [0, 0.1) is 0 Å². The Morgan fingerprint density at radius 3 is 2.11 bits per heavy atom. The topological polar surface area (TPSA) is 35.2 Å².